The summed E-state index contributed by atoms with van der Waals surface area (Å²) in [4.78, 5) is 4.22. The molecule has 16 heavy (non-hydrogen) atoms. The minimum Gasteiger partial charge on any atom is -0.472 e. The van der Waals surface area contributed by atoms with Crippen molar-refractivity contribution >= 4 is 0 Å². The molecular formula is C13H16N2O. The molecule has 0 aromatic carbocycles. The van der Waals surface area contributed by atoms with Gasteiger partial charge in [0, 0.05) is 18.4 Å². The summed E-state index contributed by atoms with van der Waals surface area (Å²) in [7, 11) is 1.97. The molecule has 3 heteroatoms. The zero-order valence-corrected chi connectivity index (χ0v) is 9.60. The minimum absolute atomic E-state index is 0.282. The average molecular weight is 216 g/mol. The summed E-state index contributed by atoms with van der Waals surface area (Å²) in [6.07, 6.45) is 8.19. The Morgan fingerprint density at radius 2 is 2.31 bits per heavy atom. The van der Waals surface area contributed by atoms with Crippen LogP contribution in [0.3, 0.4) is 0 Å². The molecule has 1 N–H and O–H groups in total. The molecule has 2 rings (SSSR count). The van der Waals surface area contributed by atoms with Crippen LogP contribution < -0.4 is 5.32 Å². The van der Waals surface area contributed by atoms with Crippen LogP contribution in [0, 0.1) is 6.92 Å². The molecule has 0 spiro atoms. The van der Waals surface area contributed by atoms with Crippen LogP contribution in [0.2, 0.25) is 0 Å². The maximum Gasteiger partial charge on any atom is 0.0935 e. The highest BCUT2D eigenvalue weighted by molar-refractivity contribution is 5.22. The zero-order chi connectivity index (χ0) is 11.4. The minimum atomic E-state index is 0.282. The fourth-order valence-corrected chi connectivity index (χ4v) is 1.80. The fraction of sp³-hybridized carbons (Fsp3) is 0.308. The largest absolute Gasteiger partial charge is 0.472 e. The molecule has 84 valence electrons. The molecule has 0 aliphatic rings. The standard InChI is InChI=1S/C13H16N2O/c1-10-5-12(8-15-7-10)13(14-2)6-11-3-4-16-9-11/h3-5,7-9,13-14H,6H2,1-2H3. The van der Waals surface area contributed by atoms with Gasteiger partial charge in [-0.3, -0.25) is 4.98 Å². The lowest BCUT2D eigenvalue weighted by Gasteiger charge is -2.15. The third-order valence-electron chi connectivity index (χ3n) is 2.67. The van der Waals surface area contributed by atoms with Crippen molar-refractivity contribution in [2.75, 3.05) is 7.05 Å². The molecule has 1 atom stereocenters. The lowest BCUT2D eigenvalue weighted by molar-refractivity contribution is 0.551. The van der Waals surface area contributed by atoms with Crippen molar-refractivity contribution in [3.8, 4) is 0 Å². The number of aromatic nitrogens is 1. The molecular weight excluding hydrogens is 200 g/mol. The monoisotopic (exact) mass is 216 g/mol. The zero-order valence-electron chi connectivity index (χ0n) is 9.60. The molecule has 0 fully saturated rings. The second kappa shape index (κ2) is 4.94. The average Bonchev–Trinajstić information content (AvgIpc) is 2.78. The predicted molar refractivity (Wildman–Crippen MR) is 63.2 cm³/mol. The van der Waals surface area contributed by atoms with Crippen LogP contribution in [0.5, 0.6) is 0 Å². The van der Waals surface area contributed by atoms with Crippen LogP contribution in [-0.2, 0) is 6.42 Å². The van der Waals surface area contributed by atoms with Gasteiger partial charge in [-0.05, 0) is 43.1 Å². The predicted octanol–water partition coefficient (Wildman–Crippen LogP) is 2.49. The van der Waals surface area contributed by atoms with E-state index in [1.165, 1.54) is 16.7 Å². The Kier molecular flexibility index (Phi) is 3.37. The van der Waals surface area contributed by atoms with Crippen molar-refractivity contribution in [1.82, 2.24) is 10.3 Å². The van der Waals surface area contributed by atoms with Gasteiger partial charge in [0.05, 0.1) is 12.5 Å². The summed E-state index contributed by atoms with van der Waals surface area (Å²) < 4.78 is 5.08. The normalized spacial score (nSPS) is 12.6. The van der Waals surface area contributed by atoms with Gasteiger partial charge in [-0.15, -0.1) is 0 Å². The van der Waals surface area contributed by atoms with Gasteiger partial charge in [-0.1, -0.05) is 6.07 Å². The molecule has 0 radical (unpaired) electrons. The third kappa shape index (κ3) is 2.49. The first-order chi connectivity index (χ1) is 7.79. The first kappa shape index (κ1) is 10.9. The number of furan rings is 1. The van der Waals surface area contributed by atoms with Gasteiger partial charge in [0.2, 0.25) is 0 Å². The first-order valence-electron chi connectivity index (χ1n) is 5.39. The number of rotatable bonds is 4. The molecule has 2 aromatic heterocycles. The van der Waals surface area contributed by atoms with Gasteiger partial charge in [0.15, 0.2) is 0 Å². The van der Waals surface area contributed by atoms with Crippen LogP contribution in [-0.4, -0.2) is 12.0 Å². The maximum absolute atomic E-state index is 5.08. The van der Waals surface area contributed by atoms with Gasteiger partial charge in [-0.2, -0.15) is 0 Å². The highest BCUT2D eigenvalue weighted by Crippen LogP contribution is 2.18. The summed E-state index contributed by atoms with van der Waals surface area (Å²) in [6.45, 7) is 2.06. The Morgan fingerprint density at radius 1 is 1.44 bits per heavy atom. The fourth-order valence-electron chi connectivity index (χ4n) is 1.80. The topological polar surface area (TPSA) is 38.1 Å². The molecule has 0 bridgehead atoms. The summed E-state index contributed by atoms with van der Waals surface area (Å²) >= 11 is 0. The molecule has 0 saturated carbocycles. The van der Waals surface area contributed by atoms with E-state index in [0.29, 0.717) is 0 Å². The van der Waals surface area contributed by atoms with Crippen LogP contribution in [0.15, 0.2) is 41.5 Å². The van der Waals surface area contributed by atoms with E-state index in [-0.39, 0.29) is 6.04 Å². The molecule has 2 heterocycles. The number of nitrogens with zero attached hydrogens (tertiary/aromatic N) is 1. The van der Waals surface area contributed by atoms with E-state index in [4.69, 9.17) is 4.42 Å². The Balaban J connectivity index is 2.16. The van der Waals surface area contributed by atoms with E-state index in [1.807, 2.05) is 25.5 Å². The van der Waals surface area contributed by atoms with Gasteiger partial charge in [0.1, 0.15) is 0 Å². The highest BCUT2D eigenvalue weighted by atomic mass is 16.3. The second-order valence-corrected chi connectivity index (χ2v) is 3.97. The van der Waals surface area contributed by atoms with E-state index in [2.05, 4.69) is 23.3 Å². The van der Waals surface area contributed by atoms with Crippen molar-refractivity contribution < 1.29 is 4.42 Å². The molecule has 0 amide bonds. The molecule has 1 unspecified atom stereocenters. The van der Waals surface area contributed by atoms with Crippen LogP contribution in [0.25, 0.3) is 0 Å². The van der Waals surface area contributed by atoms with E-state index in [1.54, 1.807) is 12.5 Å². The summed E-state index contributed by atoms with van der Waals surface area (Å²) in [5.41, 5.74) is 3.59. The highest BCUT2D eigenvalue weighted by Gasteiger charge is 2.11. The van der Waals surface area contributed by atoms with Gasteiger partial charge in [-0.25, -0.2) is 0 Å². The third-order valence-corrected chi connectivity index (χ3v) is 2.67. The van der Waals surface area contributed by atoms with Gasteiger partial charge >= 0.3 is 0 Å². The SMILES string of the molecule is CNC(Cc1ccoc1)c1cncc(C)c1. The first-order valence-corrected chi connectivity index (χ1v) is 5.39. The Hall–Kier alpha value is -1.61. The number of pyridine rings is 1. The van der Waals surface area contributed by atoms with E-state index in [0.717, 1.165) is 6.42 Å². The van der Waals surface area contributed by atoms with Crippen molar-refractivity contribution in [2.24, 2.45) is 0 Å². The Morgan fingerprint density at radius 3 is 2.94 bits per heavy atom. The van der Waals surface area contributed by atoms with Crippen molar-refractivity contribution in [2.45, 2.75) is 19.4 Å². The van der Waals surface area contributed by atoms with Crippen LogP contribution >= 0.6 is 0 Å². The van der Waals surface area contributed by atoms with E-state index in [9.17, 15) is 0 Å². The maximum atomic E-state index is 5.08. The Bertz CT molecular complexity index is 437. The molecule has 0 aliphatic heterocycles. The number of hydrogen-bond acceptors (Lipinski definition) is 3. The summed E-state index contributed by atoms with van der Waals surface area (Å²) in [5.74, 6) is 0. The Labute approximate surface area is 95.5 Å². The number of nitrogens with one attached hydrogen (secondary N) is 1. The molecule has 0 aliphatic carbocycles. The second-order valence-electron chi connectivity index (χ2n) is 3.97. The lowest BCUT2D eigenvalue weighted by Crippen LogP contribution is -2.18. The van der Waals surface area contributed by atoms with Gasteiger partial charge in [0.25, 0.3) is 0 Å². The number of likely N-dealkylation sites (N-methyl/N-ethyl adjacent to an activating group) is 1. The molecule has 3 nitrogen and oxygen atoms in total. The van der Waals surface area contributed by atoms with Crippen molar-refractivity contribution in [3.63, 3.8) is 0 Å². The smallest absolute Gasteiger partial charge is 0.0935 e. The van der Waals surface area contributed by atoms with Crippen molar-refractivity contribution in [3.05, 3.63) is 53.7 Å². The number of hydrogen-bond donors (Lipinski definition) is 1. The van der Waals surface area contributed by atoms with E-state index < -0.39 is 0 Å². The van der Waals surface area contributed by atoms with Gasteiger partial charge < -0.3 is 9.73 Å². The van der Waals surface area contributed by atoms with Crippen LogP contribution in [0.4, 0.5) is 0 Å². The van der Waals surface area contributed by atoms with E-state index >= 15 is 0 Å². The summed E-state index contributed by atoms with van der Waals surface area (Å²) in [5, 5.41) is 3.30. The number of aryl methyl sites for hydroxylation is 1. The lowest BCUT2D eigenvalue weighted by atomic mass is 10.0. The summed E-state index contributed by atoms with van der Waals surface area (Å²) in [6, 6.07) is 4.44. The van der Waals surface area contributed by atoms with Crippen molar-refractivity contribution in [1.29, 1.82) is 0 Å². The quantitative estimate of drug-likeness (QED) is 0.853. The molecule has 0 saturated heterocycles. The van der Waals surface area contributed by atoms with Crippen LogP contribution in [0.1, 0.15) is 22.7 Å². The molecule has 2 aromatic rings.